The molecule has 1 aliphatic rings. The number of anilines is 2. The Morgan fingerprint density at radius 3 is 2.19 bits per heavy atom. The Kier molecular flexibility index (Phi) is 6.08. The zero-order chi connectivity index (χ0) is 19.2. The summed E-state index contributed by atoms with van der Waals surface area (Å²) in [7, 11) is 2.13. The van der Waals surface area contributed by atoms with Gasteiger partial charge < -0.3 is 20.4 Å². The first-order valence-electron chi connectivity index (χ1n) is 9.19. The van der Waals surface area contributed by atoms with Crippen LogP contribution in [0.3, 0.4) is 0 Å². The fourth-order valence-corrected chi connectivity index (χ4v) is 2.99. The fourth-order valence-electron chi connectivity index (χ4n) is 2.99. The molecule has 142 valence electrons. The Morgan fingerprint density at radius 2 is 1.56 bits per heavy atom. The van der Waals surface area contributed by atoms with Gasteiger partial charge in [0.15, 0.2) is 0 Å². The van der Waals surface area contributed by atoms with Gasteiger partial charge in [0, 0.05) is 43.1 Å². The Hall–Kier alpha value is -2.86. The van der Waals surface area contributed by atoms with Gasteiger partial charge >= 0.3 is 0 Å². The van der Waals surface area contributed by atoms with Gasteiger partial charge in [0.05, 0.1) is 6.54 Å². The summed E-state index contributed by atoms with van der Waals surface area (Å²) in [5.41, 5.74) is 3.52. The molecule has 27 heavy (non-hydrogen) atoms. The number of carbonyl (C=O) groups is 2. The van der Waals surface area contributed by atoms with Crippen molar-refractivity contribution in [1.82, 2.24) is 10.2 Å². The van der Waals surface area contributed by atoms with E-state index in [-0.39, 0.29) is 18.4 Å². The highest BCUT2D eigenvalue weighted by molar-refractivity contribution is 5.99. The van der Waals surface area contributed by atoms with Crippen molar-refractivity contribution in [3.63, 3.8) is 0 Å². The predicted molar refractivity (Wildman–Crippen MR) is 108 cm³/mol. The maximum atomic E-state index is 12.1. The first-order valence-corrected chi connectivity index (χ1v) is 9.19. The van der Waals surface area contributed by atoms with E-state index in [2.05, 4.69) is 27.5 Å². The number of nitrogens with zero attached hydrogens (tertiary/aromatic N) is 2. The predicted octanol–water partition coefficient (Wildman–Crippen LogP) is 2.12. The molecule has 0 atom stereocenters. The van der Waals surface area contributed by atoms with Crippen molar-refractivity contribution in [2.75, 3.05) is 50.0 Å². The molecule has 0 spiro atoms. The van der Waals surface area contributed by atoms with Crippen LogP contribution in [-0.2, 0) is 4.79 Å². The first kappa shape index (κ1) is 18.9. The van der Waals surface area contributed by atoms with Crippen LogP contribution >= 0.6 is 0 Å². The summed E-state index contributed by atoms with van der Waals surface area (Å²) in [6.07, 6.45) is 0. The van der Waals surface area contributed by atoms with Crippen molar-refractivity contribution in [2.24, 2.45) is 0 Å². The number of rotatable bonds is 5. The smallest absolute Gasteiger partial charge is 0.251 e. The third-order valence-electron chi connectivity index (χ3n) is 4.74. The largest absolute Gasteiger partial charge is 0.369 e. The van der Waals surface area contributed by atoms with Gasteiger partial charge in [0.1, 0.15) is 0 Å². The molecule has 6 nitrogen and oxygen atoms in total. The first-order chi connectivity index (χ1) is 13.0. The van der Waals surface area contributed by atoms with Gasteiger partial charge in [0.25, 0.3) is 5.91 Å². The molecular weight excluding hydrogens is 340 g/mol. The summed E-state index contributed by atoms with van der Waals surface area (Å²) in [5, 5.41) is 5.46. The number of aryl methyl sites for hydroxylation is 1. The van der Waals surface area contributed by atoms with E-state index in [1.807, 2.05) is 43.3 Å². The monoisotopic (exact) mass is 366 g/mol. The van der Waals surface area contributed by atoms with Gasteiger partial charge in [-0.05, 0) is 50.4 Å². The third-order valence-corrected chi connectivity index (χ3v) is 4.74. The number of hydrogen-bond donors (Lipinski definition) is 2. The third kappa shape index (κ3) is 5.31. The second-order valence-electron chi connectivity index (χ2n) is 6.93. The summed E-state index contributed by atoms with van der Waals surface area (Å²) in [4.78, 5) is 28.8. The molecular formula is C21H26N4O2. The summed E-state index contributed by atoms with van der Waals surface area (Å²) in [5.74, 6) is -0.502. The van der Waals surface area contributed by atoms with E-state index in [0.29, 0.717) is 5.56 Å². The summed E-state index contributed by atoms with van der Waals surface area (Å²) in [6, 6.07) is 15.1. The maximum absolute atomic E-state index is 12.1. The molecule has 1 aliphatic heterocycles. The highest BCUT2D eigenvalue weighted by Gasteiger charge is 2.14. The van der Waals surface area contributed by atoms with Crippen molar-refractivity contribution < 1.29 is 9.59 Å². The standard InChI is InChI=1S/C21H26N4O2/c1-16-3-5-17(6-4-16)21(27)22-15-20(26)23-18-7-9-19(10-8-18)25-13-11-24(2)12-14-25/h3-10H,11-15H2,1-2H3,(H,22,27)(H,23,26). The maximum Gasteiger partial charge on any atom is 0.251 e. The number of likely N-dealkylation sites (N-methyl/N-ethyl adjacent to an activating group) is 1. The van der Waals surface area contributed by atoms with E-state index in [1.54, 1.807) is 12.1 Å². The Bertz CT molecular complexity index is 779. The number of carbonyl (C=O) groups excluding carboxylic acids is 2. The van der Waals surface area contributed by atoms with Crippen LogP contribution in [0.1, 0.15) is 15.9 Å². The normalized spacial score (nSPS) is 14.7. The van der Waals surface area contributed by atoms with Crippen molar-refractivity contribution >= 4 is 23.2 Å². The minimum atomic E-state index is -0.254. The van der Waals surface area contributed by atoms with Crippen LogP contribution in [0.4, 0.5) is 11.4 Å². The second kappa shape index (κ2) is 8.68. The molecule has 2 aromatic carbocycles. The fraction of sp³-hybridized carbons (Fsp3) is 0.333. The van der Waals surface area contributed by atoms with Crippen molar-refractivity contribution in [3.8, 4) is 0 Å². The zero-order valence-electron chi connectivity index (χ0n) is 15.9. The highest BCUT2D eigenvalue weighted by atomic mass is 16.2. The van der Waals surface area contributed by atoms with Gasteiger partial charge in [-0.15, -0.1) is 0 Å². The quantitative estimate of drug-likeness (QED) is 0.851. The van der Waals surface area contributed by atoms with Crippen molar-refractivity contribution in [2.45, 2.75) is 6.92 Å². The van der Waals surface area contributed by atoms with Gasteiger partial charge in [-0.1, -0.05) is 17.7 Å². The SMILES string of the molecule is Cc1ccc(C(=O)NCC(=O)Nc2ccc(N3CCN(C)CC3)cc2)cc1. The number of amides is 2. The van der Waals surface area contributed by atoms with Crippen LogP contribution in [0.15, 0.2) is 48.5 Å². The van der Waals surface area contributed by atoms with E-state index in [0.717, 1.165) is 43.1 Å². The van der Waals surface area contributed by atoms with Gasteiger partial charge in [-0.2, -0.15) is 0 Å². The summed E-state index contributed by atoms with van der Waals surface area (Å²) < 4.78 is 0. The van der Waals surface area contributed by atoms with E-state index in [4.69, 9.17) is 0 Å². The number of benzene rings is 2. The van der Waals surface area contributed by atoms with Crippen LogP contribution in [0.2, 0.25) is 0 Å². The minimum absolute atomic E-state index is 0.0626. The molecule has 2 amide bonds. The lowest BCUT2D eigenvalue weighted by atomic mass is 10.1. The Balaban J connectivity index is 1.47. The molecule has 2 N–H and O–H groups in total. The molecule has 2 aromatic rings. The number of hydrogen-bond acceptors (Lipinski definition) is 4. The molecule has 0 saturated carbocycles. The molecule has 1 saturated heterocycles. The van der Waals surface area contributed by atoms with Crippen molar-refractivity contribution in [1.29, 1.82) is 0 Å². The van der Waals surface area contributed by atoms with Crippen LogP contribution in [0.25, 0.3) is 0 Å². The van der Waals surface area contributed by atoms with Gasteiger partial charge in [-0.3, -0.25) is 9.59 Å². The average molecular weight is 366 g/mol. The second-order valence-corrected chi connectivity index (χ2v) is 6.93. The van der Waals surface area contributed by atoms with Crippen LogP contribution < -0.4 is 15.5 Å². The summed E-state index contributed by atoms with van der Waals surface area (Å²) in [6.45, 7) is 6.02. The van der Waals surface area contributed by atoms with Crippen molar-refractivity contribution in [3.05, 3.63) is 59.7 Å². The summed E-state index contributed by atoms with van der Waals surface area (Å²) >= 11 is 0. The van der Waals surface area contributed by atoms with E-state index < -0.39 is 0 Å². The topological polar surface area (TPSA) is 64.7 Å². The van der Waals surface area contributed by atoms with E-state index in [9.17, 15) is 9.59 Å². The molecule has 0 aromatic heterocycles. The molecule has 0 radical (unpaired) electrons. The van der Waals surface area contributed by atoms with E-state index >= 15 is 0 Å². The molecule has 6 heteroatoms. The minimum Gasteiger partial charge on any atom is -0.369 e. The molecule has 1 fully saturated rings. The number of piperazine rings is 1. The van der Waals surface area contributed by atoms with Gasteiger partial charge in [-0.25, -0.2) is 0 Å². The molecule has 0 unspecified atom stereocenters. The molecule has 0 bridgehead atoms. The van der Waals surface area contributed by atoms with Crippen LogP contribution in [0, 0.1) is 6.92 Å². The molecule has 3 rings (SSSR count). The highest BCUT2D eigenvalue weighted by Crippen LogP contribution is 2.19. The lowest BCUT2D eigenvalue weighted by Gasteiger charge is -2.34. The average Bonchev–Trinajstić information content (AvgIpc) is 2.68. The lowest BCUT2D eigenvalue weighted by Crippen LogP contribution is -2.44. The van der Waals surface area contributed by atoms with E-state index in [1.165, 1.54) is 0 Å². The zero-order valence-corrected chi connectivity index (χ0v) is 15.9. The number of nitrogens with one attached hydrogen (secondary N) is 2. The molecule has 1 heterocycles. The Labute approximate surface area is 160 Å². The Morgan fingerprint density at radius 1 is 0.926 bits per heavy atom. The lowest BCUT2D eigenvalue weighted by molar-refractivity contribution is -0.115. The molecule has 0 aliphatic carbocycles. The van der Waals surface area contributed by atoms with Crippen LogP contribution in [0.5, 0.6) is 0 Å². The van der Waals surface area contributed by atoms with Crippen LogP contribution in [-0.4, -0.2) is 56.5 Å². The van der Waals surface area contributed by atoms with Gasteiger partial charge in [0.2, 0.25) is 5.91 Å².